The van der Waals surface area contributed by atoms with E-state index in [-0.39, 0.29) is 18.5 Å². The number of piperidine rings is 1. The number of aryl methyl sites for hydroxylation is 1. The van der Waals surface area contributed by atoms with E-state index in [1.54, 1.807) is 19.4 Å². The second-order valence-corrected chi connectivity index (χ2v) is 8.76. The van der Waals surface area contributed by atoms with E-state index in [0.29, 0.717) is 23.7 Å². The fourth-order valence-corrected chi connectivity index (χ4v) is 4.27. The van der Waals surface area contributed by atoms with Crippen LogP contribution in [0.1, 0.15) is 44.9 Å². The zero-order chi connectivity index (χ0) is 23.9. The number of anilines is 2. The molecule has 1 aliphatic heterocycles. The smallest absolute Gasteiger partial charge is 0.219 e. The summed E-state index contributed by atoms with van der Waals surface area (Å²) in [5, 5.41) is 12.2. The molecular formula is C23H33N9O2. The van der Waals surface area contributed by atoms with Crippen molar-refractivity contribution in [2.75, 3.05) is 37.4 Å². The van der Waals surface area contributed by atoms with Crippen LogP contribution in [0.25, 0.3) is 22.6 Å². The van der Waals surface area contributed by atoms with E-state index in [4.69, 9.17) is 15.7 Å². The van der Waals surface area contributed by atoms with Gasteiger partial charge in [0.25, 0.3) is 0 Å². The standard InChI is InChI=1S/C23H33N9O2/c1-25-18(34)6-4-2-3-5-9-32-15-28-19-21(31-10-7-16(14-33)8-11-31)29-20(30-22(19)32)17-12-26-23(24)27-13-17/h12-13,15-16,33H,2-11,14H2,1H3,(H,25,34)(H2,24,26,27). The molecule has 11 nitrogen and oxygen atoms in total. The number of nitrogen functional groups attached to an aromatic ring is 1. The second-order valence-electron chi connectivity index (χ2n) is 8.76. The Balaban J connectivity index is 1.55. The molecule has 0 spiro atoms. The van der Waals surface area contributed by atoms with Gasteiger partial charge in [0.1, 0.15) is 0 Å². The lowest BCUT2D eigenvalue weighted by Gasteiger charge is -2.32. The maximum Gasteiger partial charge on any atom is 0.219 e. The Hall–Kier alpha value is -3.34. The van der Waals surface area contributed by atoms with Gasteiger partial charge in [-0.2, -0.15) is 0 Å². The van der Waals surface area contributed by atoms with Crippen LogP contribution in [0.2, 0.25) is 0 Å². The summed E-state index contributed by atoms with van der Waals surface area (Å²) in [7, 11) is 1.67. The Morgan fingerprint density at radius 2 is 1.85 bits per heavy atom. The fraction of sp³-hybridized carbons (Fsp3) is 0.565. The monoisotopic (exact) mass is 467 g/mol. The SMILES string of the molecule is CNC(=O)CCCCCCn1cnc2c(N3CCC(CO)CC3)nc(-c3cnc(N)nc3)nc21. The lowest BCUT2D eigenvalue weighted by atomic mass is 9.98. The van der Waals surface area contributed by atoms with Crippen molar-refractivity contribution in [1.82, 2.24) is 34.8 Å². The van der Waals surface area contributed by atoms with Crippen LogP contribution in [0.15, 0.2) is 18.7 Å². The van der Waals surface area contributed by atoms with Crippen molar-refractivity contribution < 1.29 is 9.90 Å². The molecule has 0 saturated carbocycles. The summed E-state index contributed by atoms with van der Waals surface area (Å²) in [6.07, 6.45) is 11.4. The first kappa shape index (κ1) is 23.8. The molecule has 4 heterocycles. The first-order chi connectivity index (χ1) is 16.6. The van der Waals surface area contributed by atoms with Crippen molar-refractivity contribution in [1.29, 1.82) is 0 Å². The molecule has 1 fully saturated rings. The number of nitrogens with two attached hydrogens (primary N) is 1. The Bertz CT molecular complexity index is 1090. The first-order valence-corrected chi connectivity index (χ1v) is 12.0. The van der Waals surface area contributed by atoms with Crippen LogP contribution in [-0.2, 0) is 11.3 Å². The fourth-order valence-electron chi connectivity index (χ4n) is 4.27. The van der Waals surface area contributed by atoms with Gasteiger partial charge in [-0.05, 0) is 31.6 Å². The number of nitrogens with one attached hydrogen (secondary N) is 1. The van der Waals surface area contributed by atoms with Crippen LogP contribution in [0.4, 0.5) is 11.8 Å². The molecule has 182 valence electrons. The number of carbonyl (C=O) groups is 1. The Kier molecular flexibility index (Phi) is 7.84. The maximum atomic E-state index is 11.4. The van der Waals surface area contributed by atoms with Crippen LogP contribution >= 0.6 is 0 Å². The molecule has 1 saturated heterocycles. The van der Waals surface area contributed by atoms with Crippen molar-refractivity contribution in [3.63, 3.8) is 0 Å². The predicted octanol–water partition coefficient (Wildman–Crippen LogP) is 1.77. The molecule has 1 amide bonds. The van der Waals surface area contributed by atoms with Gasteiger partial charge in [0.05, 0.1) is 11.9 Å². The largest absolute Gasteiger partial charge is 0.396 e. The summed E-state index contributed by atoms with van der Waals surface area (Å²) in [6.45, 7) is 2.64. The summed E-state index contributed by atoms with van der Waals surface area (Å²) in [5.41, 5.74) is 7.92. The summed E-state index contributed by atoms with van der Waals surface area (Å²) >= 11 is 0. The second kappa shape index (κ2) is 11.2. The highest BCUT2D eigenvalue weighted by atomic mass is 16.3. The lowest BCUT2D eigenvalue weighted by Crippen LogP contribution is -2.35. The van der Waals surface area contributed by atoms with Crippen LogP contribution in [0.3, 0.4) is 0 Å². The molecule has 11 heteroatoms. The number of fused-ring (bicyclic) bond motifs is 1. The highest BCUT2D eigenvalue weighted by molar-refractivity contribution is 5.85. The van der Waals surface area contributed by atoms with Crippen molar-refractivity contribution in [2.24, 2.45) is 5.92 Å². The van der Waals surface area contributed by atoms with E-state index in [9.17, 15) is 9.90 Å². The molecule has 1 aliphatic rings. The zero-order valence-corrected chi connectivity index (χ0v) is 19.7. The van der Waals surface area contributed by atoms with Crippen LogP contribution in [0, 0.1) is 5.92 Å². The molecule has 0 atom stereocenters. The van der Waals surface area contributed by atoms with Crippen LogP contribution in [0.5, 0.6) is 0 Å². The molecule has 0 radical (unpaired) electrons. The highest BCUT2D eigenvalue weighted by Crippen LogP contribution is 2.30. The van der Waals surface area contributed by atoms with Gasteiger partial charge in [0.2, 0.25) is 11.9 Å². The average Bonchev–Trinajstić information content (AvgIpc) is 3.28. The van der Waals surface area contributed by atoms with Crippen molar-refractivity contribution in [2.45, 2.75) is 51.5 Å². The number of imidazole rings is 1. The van der Waals surface area contributed by atoms with E-state index >= 15 is 0 Å². The number of unbranched alkanes of at least 4 members (excludes halogenated alkanes) is 3. The summed E-state index contributed by atoms with van der Waals surface area (Å²) in [6, 6.07) is 0. The molecule has 34 heavy (non-hydrogen) atoms. The number of aliphatic hydroxyl groups is 1. The molecule has 4 N–H and O–H groups in total. The zero-order valence-electron chi connectivity index (χ0n) is 19.7. The van der Waals surface area contributed by atoms with Crippen molar-refractivity contribution in [3.8, 4) is 11.4 Å². The van der Waals surface area contributed by atoms with Crippen LogP contribution in [-0.4, -0.2) is 67.2 Å². The third-order valence-corrected chi connectivity index (χ3v) is 6.38. The lowest BCUT2D eigenvalue weighted by molar-refractivity contribution is -0.120. The van der Waals surface area contributed by atoms with E-state index in [2.05, 4.69) is 29.7 Å². The highest BCUT2D eigenvalue weighted by Gasteiger charge is 2.24. The third kappa shape index (κ3) is 5.58. The molecular weight excluding hydrogens is 434 g/mol. The molecule has 4 rings (SSSR count). The summed E-state index contributed by atoms with van der Waals surface area (Å²) in [5.74, 6) is 1.97. The number of hydrogen-bond acceptors (Lipinski definition) is 9. The number of aliphatic hydroxyl groups excluding tert-OH is 1. The Morgan fingerprint density at radius 3 is 2.56 bits per heavy atom. The molecule has 3 aromatic rings. The van der Waals surface area contributed by atoms with E-state index in [1.165, 1.54) is 0 Å². The van der Waals surface area contributed by atoms with Gasteiger partial charge in [-0.1, -0.05) is 12.8 Å². The number of rotatable bonds is 10. The minimum Gasteiger partial charge on any atom is -0.396 e. The van der Waals surface area contributed by atoms with Gasteiger partial charge < -0.3 is 25.6 Å². The molecule has 0 aromatic carbocycles. The van der Waals surface area contributed by atoms with E-state index < -0.39 is 0 Å². The minimum absolute atomic E-state index is 0.0898. The van der Waals surface area contributed by atoms with Gasteiger partial charge in [-0.25, -0.2) is 24.9 Å². The minimum atomic E-state index is 0.0898. The van der Waals surface area contributed by atoms with E-state index in [1.807, 2.05) is 6.33 Å². The predicted molar refractivity (Wildman–Crippen MR) is 130 cm³/mol. The first-order valence-electron chi connectivity index (χ1n) is 12.0. The normalized spacial score (nSPS) is 14.6. The number of aromatic nitrogens is 6. The summed E-state index contributed by atoms with van der Waals surface area (Å²) in [4.78, 5) is 36.1. The van der Waals surface area contributed by atoms with Crippen LogP contribution < -0.4 is 16.0 Å². The van der Waals surface area contributed by atoms with Crippen molar-refractivity contribution >= 4 is 28.8 Å². The van der Waals surface area contributed by atoms with Gasteiger partial charge in [-0.15, -0.1) is 0 Å². The third-order valence-electron chi connectivity index (χ3n) is 6.38. The average molecular weight is 468 g/mol. The van der Waals surface area contributed by atoms with Gasteiger partial charge in [0.15, 0.2) is 22.8 Å². The quantitative estimate of drug-likeness (QED) is 0.379. The number of amides is 1. The topological polar surface area (TPSA) is 148 Å². The van der Waals surface area contributed by atoms with E-state index in [0.717, 1.165) is 75.1 Å². The Morgan fingerprint density at radius 1 is 1.12 bits per heavy atom. The Labute approximate surface area is 198 Å². The van der Waals surface area contributed by atoms with Crippen molar-refractivity contribution in [3.05, 3.63) is 18.7 Å². The maximum absolute atomic E-state index is 11.4. The number of nitrogens with zero attached hydrogens (tertiary/aromatic N) is 7. The molecule has 3 aromatic heterocycles. The summed E-state index contributed by atoms with van der Waals surface area (Å²) < 4.78 is 2.07. The van der Waals surface area contributed by atoms with Gasteiger partial charge in [0, 0.05) is 52.1 Å². The molecule has 0 bridgehead atoms. The number of hydrogen-bond donors (Lipinski definition) is 3. The number of carbonyl (C=O) groups excluding carboxylic acids is 1. The molecule has 0 aliphatic carbocycles. The molecule has 0 unspecified atom stereocenters. The van der Waals surface area contributed by atoms with Gasteiger partial charge >= 0.3 is 0 Å². The van der Waals surface area contributed by atoms with Gasteiger partial charge in [-0.3, -0.25) is 4.79 Å².